The zero-order chi connectivity index (χ0) is 17.5. The molecule has 0 aliphatic heterocycles. The Balaban J connectivity index is 0.00000576. The van der Waals surface area contributed by atoms with Crippen molar-refractivity contribution >= 4 is 29.9 Å². The van der Waals surface area contributed by atoms with Crippen molar-refractivity contribution in [1.29, 1.82) is 0 Å². The van der Waals surface area contributed by atoms with E-state index in [1.165, 1.54) is 0 Å². The molecule has 0 aliphatic rings. The Labute approximate surface area is 168 Å². The van der Waals surface area contributed by atoms with Gasteiger partial charge in [0.2, 0.25) is 5.88 Å². The standard InChI is InChI=1S/C17H30N4O3.HI/c1-4-5-10-23-12-13-24-11-9-20-17(18-2)21-14-15-7-6-8-19-16(15)22-3;/h6-8H,4-5,9-14H2,1-3H3,(H2,18,20,21);1H. The predicted molar refractivity (Wildman–Crippen MR) is 111 cm³/mol. The Morgan fingerprint density at radius 2 is 1.92 bits per heavy atom. The minimum Gasteiger partial charge on any atom is -0.481 e. The van der Waals surface area contributed by atoms with Crippen molar-refractivity contribution in [3.63, 3.8) is 0 Å². The zero-order valence-electron chi connectivity index (χ0n) is 15.4. The molecule has 1 heterocycles. The highest BCUT2D eigenvalue weighted by Gasteiger charge is 2.04. The van der Waals surface area contributed by atoms with Crippen LogP contribution in [-0.4, -0.2) is 58.1 Å². The van der Waals surface area contributed by atoms with Gasteiger partial charge in [-0.05, 0) is 12.5 Å². The third-order valence-corrected chi connectivity index (χ3v) is 3.27. The van der Waals surface area contributed by atoms with Crippen LogP contribution in [0.4, 0.5) is 0 Å². The van der Waals surface area contributed by atoms with Crippen molar-refractivity contribution in [3.8, 4) is 5.88 Å². The summed E-state index contributed by atoms with van der Waals surface area (Å²) in [7, 11) is 3.35. The first-order valence-corrected chi connectivity index (χ1v) is 8.39. The smallest absolute Gasteiger partial charge is 0.218 e. The molecule has 2 N–H and O–H groups in total. The van der Waals surface area contributed by atoms with E-state index in [4.69, 9.17) is 14.2 Å². The SMILES string of the molecule is CCCCOCCOCCNC(=NC)NCc1cccnc1OC.I. The van der Waals surface area contributed by atoms with E-state index in [-0.39, 0.29) is 24.0 Å². The maximum absolute atomic E-state index is 5.51. The van der Waals surface area contributed by atoms with Gasteiger partial charge in [-0.15, -0.1) is 24.0 Å². The van der Waals surface area contributed by atoms with Gasteiger partial charge in [0.25, 0.3) is 0 Å². The van der Waals surface area contributed by atoms with Gasteiger partial charge in [-0.3, -0.25) is 4.99 Å². The van der Waals surface area contributed by atoms with Crippen LogP contribution < -0.4 is 15.4 Å². The Morgan fingerprint density at radius 3 is 2.60 bits per heavy atom. The number of nitrogens with zero attached hydrogens (tertiary/aromatic N) is 2. The van der Waals surface area contributed by atoms with Gasteiger partial charge >= 0.3 is 0 Å². The van der Waals surface area contributed by atoms with E-state index in [1.807, 2.05) is 12.1 Å². The molecule has 1 aromatic heterocycles. The van der Waals surface area contributed by atoms with Crippen molar-refractivity contribution in [3.05, 3.63) is 23.9 Å². The fraction of sp³-hybridized carbons (Fsp3) is 0.647. The van der Waals surface area contributed by atoms with Crippen LogP contribution in [0, 0.1) is 0 Å². The molecule has 7 nitrogen and oxygen atoms in total. The summed E-state index contributed by atoms with van der Waals surface area (Å²) in [5.41, 5.74) is 0.975. The van der Waals surface area contributed by atoms with Crippen LogP contribution in [0.3, 0.4) is 0 Å². The fourth-order valence-electron chi connectivity index (χ4n) is 1.95. The Hall–Kier alpha value is -1.13. The number of hydrogen-bond donors (Lipinski definition) is 2. The molecule has 0 fully saturated rings. The first kappa shape index (κ1) is 23.9. The monoisotopic (exact) mass is 466 g/mol. The van der Waals surface area contributed by atoms with Gasteiger partial charge in [0, 0.05) is 38.5 Å². The number of rotatable bonds is 12. The molecule has 1 rings (SSSR count). The molecule has 0 unspecified atom stereocenters. The number of nitrogens with one attached hydrogen (secondary N) is 2. The predicted octanol–water partition coefficient (Wildman–Crippen LogP) is 2.21. The van der Waals surface area contributed by atoms with Gasteiger partial charge in [-0.1, -0.05) is 19.4 Å². The number of guanidine groups is 1. The van der Waals surface area contributed by atoms with Crippen LogP contribution in [0.1, 0.15) is 25.3 Å². The fourth-order valence-corrected chi connectivity index (χ4v) is 1.95. The van der Waals surface area contributed by atoms with E-state index >= 15 is 0 Å². The lowest BCUT2D eigenvalue weighted by Crippen LogP contribution is -2.38. The minimum absolute atomic E-state index is 0. The second kappa shape index (κ2) is 16.3. The van der Waals surface area contributed by atoms with Gasteiger partial charge in [0.15, 0.2) is 5.96 Å². The molecule has 0 aliphatic carbocycles. The second-order valence-corrected chi connectivity index (χ2v) is 5.10. The van der Waals surface area contributed by atoms with Crippen LogP contribution in [0.5, 0.6) is 5.88 Å². The highest BCUT2D eigenvalue weighted by molar-refractivity contribution is 14.0. The second-order valence-electron chi connectivity index (χ2n) is 5.10. The van der Waals surface area contributed by atoms with Crippen molar-refractivity contribution in [2.75, 3.05) is 47.1 Å². The maximum Gasteiger partial charge on any atom is 0.218 e. The van der Waals surface area contributed by atoms with E-state index in [0.717, 1.165) is 25.0 Å². The van der Waals surface area contributed by atoms with Crippen LogP contribution in [-0.2, 0) is 16.0 Å². The van der Waals surface area contributed by atoms with E-state index in [0.29, 0.717) is 44.7 Å². The highest BCUT2D eigenvalue weighted by Crippen LogP contribution is 2.12. The molecule has 0 radical (unpaired) electrons. The van der Waals surface area contributed by atoms with Crippen molar-refractivity contribution in [2.45, 2.75) is 26.3 Å². The molecule has 0 atom stereocenters. The lowest BCUT2D eigenvalue weighted by molar-refractivity contribution is 0.0487. The molecule has 25 heavy (non-hydrogen) atoms. The molecule has 0 saturated heterocycles. The summed E-state index contributed by atoms with van der Waals surface area (Å²) >= 11 is 0. The number of hydrogen-bond acceptors (Lipinski definition) is 5. The molecule has 1 aromatic rings. The topological polar surface area (TPSA) is 77.0 Å². The molecular weight excluding hydrogens is 435 g/mol. The minimum atomic E-state index is 0. The normalized spacial score (nSPS) is 10.9. The largest absolute Gasteiger partial charge is 0.481 e. The summed E-state index contributed by atoms with van der Waals surface area (Å²) in [6, 6.07) is 3.85. The average Bonchev–Trinajstić information content (AvgIpc) is 2.63. The Morgan fingerprint density at radius 1 is 1.16 bits per heavy atom. The first-order chi connectivity index (χ1) is 11.8. The number of halogens is 1. The van der Waals surface area contributed by atoms with Gasteiger partial charge in [0.05, 0.1) is 26.9 Å². The van der Waals surface area contributed by atoms with Crippen molar-refractivity contribution in [1.82, 2.24) is 15.6 Å². The van der Waals surface area contributed by atoms with Gasteiger partial charge in [-0.2, -0.15) is 0 Å². The third kappa shape index (κ3) is 11.2. The Bertz CT molecular complexity index is 475. The average molecular weight is 466 g/mol. The lowest BCUT2D eigenvalue weighted by Gasteiger charge is -2.13. The number of aromatic nitrogens is 1. The zero-order valence-corrected chi connectivity index (χ0v) is 17.7. The summed E-state index contributed by atoms with van der Waals surface area (Å²) in [5, 5.41) is 6.42. The third-order valence-electron chi connectivity index (χ3n) is 3.27. The van der Waals surface area contributed by atoms with E-state index < -0.39 is 0 Å². The molecule has 0 bridgehead atoms. The van der Waals surface area contributed by atoms with Crippen molar-refractivity contribution < 1.29 is 14.2 Å². The number of aliphatic imine (C=N–C) groups is 1. The van der Waals surface area contributed by atoms with Gasteiger partial charge in [-0.25, -0.2) is 4.98 Å². The van der Waals surface area contributed by atoms with Gasteiger partial charge in [0.1, 0.15) is 0 Å². The summed E-state index contributed by atoms with van der Waals surface area (Å²) in [6.07, 6.45) is 3.96. The molecule has 0 spiro atoms. The van der Waals surface area contributed by atoms with Crippen LogP contribution in [0.2, 0.25) is 0 Å². The number of pyridine rings is 1. The first-order valence-electron chi connectivity index (χ1n) is 8.39. The molecular formula is C17H31IN4O3. The summed E-state index contributed by atoms with van der Waals surface area (Å²) < 4.78 is 16.2. The molecule has 144 valence electrons. The molecule has 0 amide bonds. The van der Waals surface area contributed by atoms with Crippen LogP contribution in [0.15, 0.2) is 23.3 Å². The molecule has 0 saturated carbocycles. The highest BCUT2D eigenvalue weighted by atomic mass is 127. The summed E-state index contributed by atoms with van der Waals surface area (Å²) in [6.45, 7) is 6.09. The van der Waals surface area contributed by atoms with Crippen LogP contribution in [0.25, 0.3) is 0 Å². The lowest BCUT2D eigenvalue weighted by atomic mass is 10.3. The van der Waals surface area contributed by atoms with E-state index in [1.54, 1.807) is 20.4 Å². The van der Waals surface area contributed by atoms with Crippen LogP contribution >= 0.6 is 24.0 Å². The number of ether oxygens (including phenoxy) is 3. The van der Waals surface area contributed by atoms with E-state index in [9.17, 15) is 0 Å². The van der Waals surface area contributed by atoms with Gasteiger partial charge < -0.3 is 24.8 Å². The maximum atomic E-state index is 5.51. The number of methoxy groups -OCH3 is 1. The van der Waals surface area contributed by atoms with Crippen molar-refractivity contribution in [2.24, 2.45) is 4.99 Å². The quantitative estimate of drug-likeness (QED) is 0.213. The molecule has 0 aromatic carbocycles. The summed E-state index contributed by atoms with van der Waals surface area (Å²) in [5.74, 6) is 1.33. The Kier molecular flexibility index (Phi) is 15.6. The number of unbranched alkanes of at least 4 members (excludes halogenated alkanes) is 1. The molecule has 8 heteroatoms. The van der Waals surface area contributed by atoms with E-state index in [2.05, 4.69) is 27.5 Å². The summed E-state index contributed by atoms with van der Waals surface area (Å²) in [4.78, 5) is 8.35.